The lowest BCUT2D eigenvalue weighted by atomic mass is 10.2. The fraction of sp³-hybridized carbons (Fsp3) is 0.286. The highest BCUT2D eigenvalue weighted by atomic mass is 32.2. The Balaban J connectivity index is 2.29. The maximum atomic E-state index is 5.82. The Labute approximate surface area is 112 Å². The lowest BCUT2D eigenvalue weighted by Crippen LogP contribution is -2.02. The molecule has 0 radical (unpaired) electrons. The van der Waals surface area contributed by atoms with Gasteiger partial charge >= 0.3 is 0 Å². The lowest BCUT2D eigenvalue weighted by molar-refractivity contribution is 0.756. The Morgan fingerprint density at radius 3 is 2.61 bits per heavy atom. The van der Waals surface area contributed by atoms with E-state index in [1.165, 1.54) is 10.5 Å². The van der Waals surface area contributed by atoms with Gasteiger partial charge < -0.3 is 5.73 Å². The van der Waals surface area contributed by atoms with Gasteiger partial charge in [0.15, 0.2) is 0 Å². The molecule has 0 spiro atoms. The number of anilines is 1. The quantitative estimate of drug-likeness (QED) is 0.855. The van der Waals surface area contributed by atoms with Crippen LogP contribution >= 0.6 is 11.8 Å². The van der Waals surface area contributed by atoms with Crippen LogP contribution in [0.2, 0.25) is 0 Å². The first kappa shape index (κ1) is 12.9. The Morgan fingerprint density at radius 1 is 1.17 bits per heavy atom. The SMILES string of the molecule is Cc1cccc(Sc2cc(N)nc(C(C)C)n2)c1. The van der Waals surface area contributed by atoms with Crippen LogP contribution in [0.3, 0.4) is 0 Å². The maximum absolute atomic E-state index is 5.82. The van der Waals surface area contributed by atoms with E-state index in [0.29, 0.717) is 5.82 Å². The van der Waals surface area contributed by atoms with Gasteiger partial charge in [-0.25, -0.2) is 9.97 Å². The molecule has 1 aromatic heterocycles. The minimum atomic E-state index is 0.283. The first-order valence-corrected chi connectivity index (χ1v) is 6.75. The molecule has 4 heteroatoms. The highest BCUT2D eigenvalue weighted by molar-refractivity contribution is 7.99. The summed E-state index contributed by atoms with van der Waals surface area (Å²) in [4.78, 5) is 9.95. The second-order valence-electron chi connectivity index (χ2n) is 4.56. The van der Waals surface area contributed by atoms with E-state index in [0.717, 1.165) is 10.9 Å². The molecule has 0 aliphatic heterocycles. The molecule has 3 nitrogen and oxygen atoms in total. The fourth-order valence-corrected chi connectivity index (χ4v) is 2.52. The predicted octanol–water partition coefficient (Wildman–Crippen LogP) is 3.64. The molecule has 18 heavy (non-hydrogen) atoms. The zero-order chi connectivity index (χ0) is 13.1. The van der Waals surface area contributed by atoms with Crippen LogP contribution in [0.4, 0.5) is 5.82 Å². The Morgan fingerprint density at radius 2 is 1.94 bits per heavy atom. The van der Waals surface area contributed by atoms with Crippen LogP contribution in [0, 0.1) is 6.92 Å². The maximum Gasteiger partial charge on any atom is 0.134 e. The van der Waals surface area contributed by atoms with Crippen molar-refractivity contribution in [3.05, 3.63) is 41.7 Å². The summed E-state index contributed by atoms with van der Waals surface area (Å²) in [5.41, 5.74) is 7.06. The van der Waals surface area contributed by atoms with E-state index in [9.17, 15) is 0 Å². The third-order valence-corrected chi connectivity index (χ3v) is 3.38. The fourth-order valence-electron chi connectivity index (χ4n) is 1.57. The minimum Gasteiger partial charge on any atom is -0.384 e. The molecule has 0 amide bonds. The number of benzene rings is 1. The number of hydrogen-bond donors (Lipinski definition) is 1. The third-order valence-electron chi connectivity index (χ3n) is 2.47. The molecule has 0 unspecified atom stereocenters. The lowest BCUT2D eigenvalue weighted by Gasteiger charge is -2.08. The average molecular weight is 259 g/mol. The Bertz CT molecular complexity index is 552. The molecule has 1 aromatic carbocycles. The largest absolute Gasteiger partial charge is 0.384 e. The molecule has 94 valence electrons. The first-order chi connectivity index (χ1) is 8.54. The molecule has 1 heterocycles. The van der Waals surface area contributed by atoms with Crippen LogP contribution in [0.25, 0.3) is 0 Å². The number of nitrogens with zero attached hydrogens (tertiary/aromatic N) is 2. The van der Waals surface area contributed by atoms with Crippen molar-refractivity contribution in [2.24, 2.45) is 0 Å². The smallest absolute Gasteiger partial charge is 0.134 e. The summed E-state index contributed by atoms with van der Waals surface area (Å²) in [6.07, 6.45) is 0. The summed E-state index contributed by atoms with van der Waals surface area (Å²) in [7, 11) is 0. The number of aromatic nitrogens is 2. The number of rotatable bonds is 3. The molecule has 0 aliphatic carbocycles. The van der Waals surface area contributed by atoms with Gasteiger partial charge in [0.05, 0.1) is 0 Å². The molecular weight excluding hydrogens is 242 g/mol. The first-order valence-electron chi connectivity index (χ1n) is 5.93. The van der Waals surface area contributed by atoms with Crippen molar-refractivity contribution in [3.8, 4) is 0 Å². The zero-order valence-electron chi connectivity index (χ0n) is 10.8. The average Bonchev–Trinajstić information content (AvgIpc) is 2.28. The molecule has 0 aliphatic rings. The van der Waals surface area contributed by atoms with Crippen molar-refractivity contribution in [1.82, 2.24) is 9.97 Å². The van der Waals surface area contributed by atoms with Gasteiger partial charge in [-0.2, -0.15) is 0 Å². The van der Waals surface area contributed by atoms with E-state index >= 15 is 0 Å². The zero-order valence-corrected chi connectivity index (χ0v) is 11.7. The molecule has 0 fully saturated rings. The van der Waals surface area contributed by atoms with Crippen LogP contribution in [0.15, 0.2) is 40.3 Å². The van der Waals surface area contributed by atoms with Gasteiger partial charge in [0.1, 0.15) is 16.7 Å². The van der Waals surface area contributed by atoms with Gasteiger partial charge in [-0.3, -0.25) is 0 Å². The van der Waals surface area contributed by atoms with Gasteiger partial charge in [0, 0.05) is 16.9 Å². The Kier molecular flexibility index (Phi) is 3.87. The Hall–Kier alpha value is -1.55. The summed E-state index contributed by atoms with van der Waals surface area (Å²) in [6.45, 7) is 6.21. The van der Waals surface area contributed by atoms with E-state index in [4.69, 9.17) is 5.73 Å². The predicted molar refractivity (Wildman–Crippen MR) is 75.8 cm³/mol. The summed E-state index contributed by atoms with van der Waals surface area (Å²) in [5.74, 6) is 1.61. The van der Waals surface area contributed by atoms with Crippen molar-refractivity contribution in [3.63, 3.8) is 0 Å². The summed E-state index contributed by atoms with van der Waals surface area (Å²) in [6, 6.07) is 10.2. The van der Waals surface area contributed by atoms with Gasteiger partial charge in [0.2, 0.25) is 0 Å². The van der Waals surface area contributed by atoms with Crippen LogP contribution < -0.4 is 5.73 Å². The van der Waals surface area contributed by atoms with Crippen molar-refractivity contribution in [2.75, 3.05) is 5.73 Å². The summed E-state index contributed by atoms with van der Waals surface area (Å²) in [5, 5.41) is 0.900. The van der Waals surface area contributed by atoms with Crippen LogP contribution in [0.1, 0.15) is 31.2 Å². The van der Waals surface area contributed by atoms with Crippen LogP contribution in [0.5, 0.6) is 0 Å². The van der Waals surface area contributed by atoms with Crippen LogP contribution in [-0.4, -0.2) is 9.97 Å². The van der Waals surface area contributed by atoms with Crippen molar-refractivity contribution in [2.45, 2.75) is 36.6 Å². The monoisotopic (exact) mass is 259 g/mol. The van der Waals surface area contributed by atoms with E-state index < -0.39 is 0 Å². The van der Waals surface area contributed by atoms with Gasteiger partial charge in [-0.15, -0.1) is 0 Å². The standard InChI is InChI=1S/C14H17N3S/c1-9(2)14-16-12(15)8-13(17-14)18-11-6-4-5-10(3)7-11/h4-9H,1-3H3,(H2,15,16,17). The number of hydrogen-bond acceptors (Lipinski definition) is 4. The summed E-state index contributed by atoms with van der Waals surface area (Å²) >= 11 is 1.62. The molecule has 0 bridgehead atoms. The molecule has 0 atom stereocenters. The molecule has 2 N–H and O–H groups in total. The van der Waals surface area contributed by atoms with E-state index in [1.54, 1.807) is 11.8 Å². The number of nitrogens with two attached hydrogens (primary N) is 1. The van der Waals surface area contributed by atoms with E-state index in [1.807, 2.05) is 12.1 Å². The normalized spacial score (nSPS) is 10.9. The van der Waals surface area contributed by atoms with Gasteiger partial charge in [0.25, 0.3) is 0 Å². The highest BCUT2D eigenvalue weighted by Gasteiger charge is 2.07. The molecular formula is C14H17N3S. The highest BCUT2D eigenvalue weighted by Crippen LogP contribution is 2.28. The molecule has 2 aromatic rings. The van der Waals surface area contributed by atoms with E-state index in [-0.39, 0.29) is 5.92 Å². The molecule has 0 saturated carbocycles. The number of nitrogen functional groups attached to an aromatic ring is 1. The second-order valence-corrected chi connectivity index (χ2v) is 5.66. The van der Waals surface area contributed by atoms with Crippen molar-refractivity contribution < 1.29 is 0 Å². The molecule has 0 saturated heterocycles. The summed E-state index contributed by atoms with van der Waals surface area (Å²) < 4.78 is 0. The number of aryl methyl sites for hydroxylation is 1. The van der Waals surface area contributed by atoms with Crippen molar-refractivity contribution in [1.29, 1.82) is 0 Å². The van der Waals surface area contributed by atoms with Gasteiger partial charge in [-0.1, -0.05) is 43.3 Å². The second kappa shape index (κ2) is 5.40. The topological polar surface area (TPSA) is 51.8 Å². The van der Waals surface area contributed by atoms with Gasteiger partial charge in [-0.05, 0) is 19.1 Å². The van der Waals surface area contributed by atoms with Crippen LogP contribution in [-0.2, 0) is 0 Å². The minimum absolute atomic E-state index is 0.283. The van der Waals surface area contributed by atoms with E-state index in [2.05, 4.69) is 48.9 Å². The molecule has 2 rings (SSSR count). The third kappa shape index (κ3) is 3.23. The van der Waals surface area contributed by atoms with Crippen molar-refractivity contribution >= 4 is 17.6 Å².